The monoisotopic (exact) mass is 249 g/mol. The molecule has 0 saturated carbocycles. The molecule has 1 rings (SSSR count). The lowest BCUT2D eigenvalue weighted by atomic mass is 9.96. The van der Waals surface area contributed by atoms with Crippen LogP contribution >= 0.6 is 0 Å². The van der Waals surface area contributed by atoms with Gasteiger partial charge in [0.1, 0.15) is 5.82 Å². The lowest BCUT2D eigenvalue weighted by Gasteiger charge is -2.17. The number of anilines is 1. The van der Waals surface area contributed by atoms with E-state index in [-0.39, 0.29) is 18.4 Å². The molecular weight excluding hydrogens is 230 g/mol. The highest BCUT2D eigenvalue weighted by atomic mass is 16.2. The number of carbonyl (C=O) groups is 2. The highest BCUT2D eigenvalue weighted by molar-refractivity contribution is 5.94. The van der Waals surface area contributed by atoms with Crippen LogP contribution in [0.1, 0.15) is 26.5 Å². The largest absolute Gasteiger partial charge is 0.347 e. The van der Waals surface area contributed by atoms with Crippen molar-refractivity contribution in [3.8, 4) is 0 Å². The summed E-state index contributed by atoms with van der Waals surface area (Å²) in [5, 5.41) is 5.20. The molecule has 2 amide bonds. The maximum atomic E-state index is 11.6. The lowest BCUT2D eigenvalue weighted by Crippen LogP contribution is -2.39. The molecule has 0 aromatic carbocycles. The van der Waals surface area contributed by atoms with Gasteiger partial charge in [-0.05, 0) is 19.1 Å². The van der Waals surface area contributed by atoms with Gasteiger partial charge < -0.3 is 10.6 Å². The third kappa shape index (κ3) is 4.53. The number of hydrogen-bond acceptors (Lipinski definition) is 3. The SMILES string of the molecule is Cc1cccc(NC(=O)CNC(=O)C(C)(C)C)n1. The van der Waals surface area contributed by atoms with Crippen molar-refractivity contribution < 1.29 is 9.59 Å². The zero-order valence-electron chi connectivity index (χ0n) is 11.2. The van der Waals surface area contributed by atoms with Gasteiger partial charge in [-0.25, -0.2) is 4.98 Å². The number of amides is 2. The number of pyridine rings is 1. The lowest BCUT2D eigenvalue weighted by molar-refractivity contribution is -0.130. The number of aromatic nitrogens is 1. The van der Waals surface area contributed by atoms with Crippen molar-refractivity contribution in [2.45, 2.75) is 27.7 Å². The van der Waals surface area contributed by atoms with Gasteiger partial charge >= 0.3 is 0 Å². The second kappa shape index (κ2) is 5.62. The van der Waals surface area contributed by atoms with E-state index in [1.54, 1.807) is 26.8 Å². The van der Waals surface area contributed by atoms with Crippen LogP contribution in [0.2, 0.25) is 0 Å². The fourth-order valence-corrected chi connectivity index (χ4v) is 1.23. The summed E-state index contributed by atoms with van der Waals surface area (Å²) in [6, 6.07) is 5.36. The van der Waals surface area contributed by atoms with Crippen LogP contribution in [0.25, 0.3) is 0 Å². The zero-order valence-corrected chi connectivity index (χ0v) is 11.2. The molecule has 0 radical (unpaired) electrons. The molecule has 0 aliphatic carbocycles. The Kier molecular flexibility index (Phi) is 4.42. The molecule has 0 bridgehead atoms. The molecule has 5 nitrogen and oxygen atoms in total. The van der Waals surface area contributed by atoms with Crippen molar-refractivity contribution in [3.63, 3.8) is 0 Å². The van der Waals surface area contributed by atoms with E-state index in [1.807, 2.05) is 19.1 Å². The molecule has 0 unspecified atom stereocenters. The number of nitrogens with zero attached hydrogens (tertiary/aromatic N) is 1. The minimum absolute atomic E-state index is 0.0499. The molecule has 0 aliphatic heterocycles. The van der Waals surface area contributed by atoms with E-state index in [1.165, 1.54) is 0 Å². The van der Waals surface area contributed by atoms with E-state index in [9.17, 15) is 9.59 Å². The van der Waals surface area contributed by atoms with Gasteiger partial charge in [0.15, 0.2) is 0 Å². The second-order valence-corrected chi connectivity index (χ2v) is 5.15. The molecule has 0 fully saturated rings. The second-order valence-electron chi connectivity index (χ2n) is 5.15. The molecule has 0 saturated heterocycles. The molecule has 1 heterocycles. The Morgan fingerprint density at radius 1 is 1.28 bits per heavy atom. The topological polar surface area (TPSA) is 71.1 Å². The first-order chi connectivity index (χ1) is 8.29. The zero-order chi connectivity index (χ0) is 13.8. The van der Waals surface area contributed by atoms with E-state index < -0.39 is 5.41 Å². The highest BCUT2D eigenvalue weighted by Crippen LogP contribution is 2.12. The Hall–Kier alpha value is -1.91. The van der Waals surface area contributed by atoms with Gasteiger partial charge in [0, 0.05) is 11.1 Å². The summed E-state index contributed by atoms with van der Waals surface area (Å²) >= 11 is 0. The summed E-state index contributed by atoms with van der Waals surface area (Å²) < 4.78 is 0. The van der Waals surface area contributed by atoms with Gasteiger partial charge in [-0.3, -0.25) is 9.59 Å². The predicted molar refractivity (Wildman–Crippen MR) is 70.1 cm³/mol. The van der Waals surface area contributed by atoms with E-state index in [0.29, 0.717) is 5.82 Å². The van der Waals surface area contributed by atoms with Crippen LogP contribution in [0.4, 0.5) is 5.82 Å². The Bertz CT molecular complexity index is 450. The first-order valence-electron chi connectivity index (χ1n) is 5.81. The minimum atomic E-state index is -0.498. The average Bonchev–Trinajstić information content (AvgIpc) is 2.24. The van der Waals surface area contributed by atoms with Crippen LogP contribution in [0.5, 0.6) is 0 Å². The van der Waals surface area contributed by atoms with Crippen molar-refractivity contribution >= 4 is 17.6 Å². The van der Waals surface area contributed by atoms with Crippen molar-refractivity contribution in [1.29, 1.82) is 0 Å². The molecule has 1 aromatic rings. The molecule has 2 N–H and O–H groups in total. The molecule has 1 aromatic heterocycles. The van der Waals surface area contributed by atoms with E-state index in [4.69, 9.17) is 0 Å². The van der Waals surface area contributed by atoms with Crippen LogP contribution in [0, 0.1) is 12.3 Å². The predicted octanol–water partition coefficient (Wildman–Crippen LogP) is 1.49. The van der Waals surface area contributed by atoms with E-state index in [0.717, 1.165) is 5.69 Å². The van der Waals surface area contributed by atoms with Crippen LogP contribution in [-0.2, 0) is 9.59 Å². The summed E-state index contributed by atoms with van der Waals surface area (Å²) in [6.07, 6.45) is 0. The normalized spacial score (nSPS) is 10.9. The fraction of sp³-hybridized carbons (Fsp3) is 0.462. The van der Waals surface area contributed by atoms with Crippen molar-refractivity contribution in [1.82, 2.24) is 10.3 Å². The average molecular weight is 249 g/mol. The number of aryl methyl sites for hydroxylation is 1. The first-order valence-corrected chi connectivity index (χ1v) is 5.81. The Morgan fingerprint density at radius 3 is 2.50 bits per heavy atom. The molecule has 0 spiro atoms. The highest BCUT2D eigenvalue weighted by Gasteiger charge is 2.21. The Balaban J connectivity index is 2.46. The van der Waals surface area contributed by atoms with Gasteiger partial charge in [0.25, 0.3) is 0 Å². The summed E-state index contributed by atoms with van der Waals surface area (Å²) in [5.74, 6) is 0.0468. The van der Waals surface area contributed by atoms with Crippen molar-refractivity contribution in [2.24, 2.45) is 5.41 Å². The molecule has 98 valence electrons. The summed E-state index contributed by atoms with van der Waals surface area (Å²) in [7, 11) is 0. The van der Waals surface area contributed by atoms with E-state index in [2.05, 4.69) is 15.6 Å². The summed E-state index contributed by atoms with van der Waals surface area (Å²) in [4.78, 5) is 27.3. The molecule has 18 heavy (non-hydrogen) atoms. The third-order valence-electron chi connectivity index (χ3n) is 2.25. The van der Waals surface area contributed by atoms with Crippen molar-refractivity contribution in [2.75, 3.05) is 11.9 Å². The molecule has 0 aliphatic rings. The fourth-order valence-electron chi connectivity index (χ4n) is 1.23. The maximum Gasteiger partial charge on any atom is 0.244 e. The van der Waals surface area contributed by atoms with Crippen LogP contribution in [0.3, 0.4) is 0 Å². The smallest absolute Gasteiger partial charge is 0.244 e. The van der Waals surface area contributed by atoms with Gasteiger partial charge in [0.05, 0.1) is 6.54 Å². The first kappa shape index (κ1) is 14.2. The quantitative estimate of drug-likeness (QED) is 0.852. The maximum absolute atomic E-state index is 11.6. The molecular formula is C13H19N3O2. The van der Waals surface area contributed by atoms with Crippen LogP contribution in [-0.4, -0.2) is 23.3 Å². The number of hydrogen-bond donors (Lipinski definition) is 2. The Morgan fingerprint density at radius 2 is 1.94 bits per heavy atom. The number of carbonyl (C=O) groups excluding carboxylic acids is 2. The minimum Gasteiger partial charge on any atom is -0.347 e. The van der Waals surface area contributed by atoms with Gasteiger partial charge in [0.2, 0.25) is 11.8 Å². The van der Waals surface area contributed by atoms with E-state index >= 15 is 0 Å². The number of nitrogens with one attached hydrogen (secondary N) is 2. The van der Waals surface area contributed by atoms with Gasteiger partial charge in [-0.1, -0.05) is 26.8 Å². The molecule has 5 heteroatoms. The van der Waals surface area contributed by atoms with Crippen LogP contribution in [0.15, 0.2) is 18.2 Å². The Labute approximate surface area is 107 Å². The van der Waals surface area contributed by atoms with Crippen molar-refractivity contribution in [3.05, 3.63) is 23.9 Å². The molecule has 0 atom stereocenters. The van der Waals surface area contributed by atoms with Gasteiger partial charge in [-0.2, -0.15) is 0 Å². The van der Waals surface area contributed by atoms with Gasteiger partial charge in [-0.15, -0.1) is 0 Å². The standard InChI is InChI=1S/C13H19N3O2/c1-9-6-5-7-10(15-9)16-11(17)8-14-12(18)13(2,3)4/h5-7H,8H2,1-4H3,(H,14,18)(H,15,16,17). The van der Waals surface area contributed by atoms with Crippen LogP contribution < -0.4 is 10.6 Å². The summed E-state index contributed by atoms with van der Waals surface area (Å²) in [5.41, 5.74) is 0.327. The summed E-state index contributed by atoms with van der Waals surface area (Å²) in [6.45, 7) is 7.18. The third-order valence-corrected chi connectivity index (χ3v) is 2.25. The number of rotatable bonds is 3.